The van der Waals surface area contributed by atoms with Crippen molar-refractivity contribution >= 4 is 28.9 Å². The highest BCUT2D eigenvalue weighted by Crippen LogP contribution is 2.60. The summed E-state index contributed by atoms with van der Waals surface area (Å²) < 4.78 is 19.0. The van der Waals surface area contributed by atoms with E-state index in [9.17, 15) is 14.0 Å². The number of halogens is 1. The summed E-state index contributed by atoms with van der Waals surface area (Å²) >= 11 is 0. The van der Waals surface area contributed by atoms with Gasteiger partial charge in [-0.25, -0.2) is 9.37 Å². The Morgan fingerprint density at radius 3 is 2.73 bits per heavy atom. The minimum atomic E-state index is -0.623. The first-order valence-electron chi connectivity index (χ1n) is 12.1. The molecule has 0 radical (unpaired) electrons. The average Bonchev–Trinajstić information content (AvgIpc) is 3.46. The summed E-state index contributed by atoms with van der Waals surface area (Å²) in [5, 5.41) is 6.19. The van der Waals surface area contributed by atoms with E-state index in [1.165, 1.54) is 19.2 Å². The molecule has 8 heteroatoms. The van der Waals surface area contributed by atoms with Gasteiger partial charge in [0, 0.05) is 34.6 Å². The molecule has 2 heterocycles. The van der Waals surface area contributed by atoms with Gasteiger partial charge in [0.2, 0.25) is 0 Å². The van der Waals surface area contributed by atoms with Gasteiger partial charge in [-0.2, -0.15) is 0 Å². The van der Waals surface area contributed by atoms with Crippen molar-refractivity contribution in [3.63, 3.8) is 0 Å². The van der Waals surface area contributed by atoms with Crippen molar-refractivity contribution < 1.29 is 18.7 Å². The average molecular weight is 497 g/mol. The van der Waals surface area contributed by atoms with E-state index in [-0.39, 0.29) is 28.4 Å². The zero-order valence-electron chi connectivity index (χ0n) is 20.4. The van der Waals surface area contributed by atoms with Gasteiger partial charge in [-0.3, -0.25) is 9.59 Å². The summed E-state index contributed by atoms with van der Waals surface area (Å²) in [7, 11) is 1.36. The van der Waals surface area contributed by atoms with Crippen LogP contribution in [0.3, 0.4) is 0 Å². The highest BCUT2D eigenvalue weighted by Gasteiger charge is 2.58. The molecular formula is C29H25FN4O3. The lowest BCUT2D eigenvalue weighted by molar-refractivity contribution is 0.0940. The number of hydrogen-bond acceptors (Lipinski definition) is 5. The Bertz CT molecular complexity index is 1550. The van der Waals surface area contributed by atoms with Gasteiger partial charge in [-0.1, -0.05) is 25.1 Å². The number of aromatic nitrogens is 2. The van der Waals surface area contributed by atoms with Gasteiger partial charge in [0.25, 0.3) is 5.91 Å². The van der Waals surface area contributed by atoms with Crippen LogP contribution in [0, 0.1) is 17.2 Å². The summed E-state index contributed by atoms with van der Waals surface area (Å²) in [5.41, 5.74) is 4.88. The van der Waals surface area contributed by atoms with Crippen LogP contribution in [0.2, 0.25) is 0 Å². The first kappa shape index (κ1) is 23.0. The third-order valence-electron chi connectivity index (χ3n) is 7.32. The van der Waals surface area contributed by atoms with E-state index in [4.69, 9.17) is 4.74 Å². The quantitative estimate of drug-likeness (QED) is 0.305. The number of Topliss-reactive ketones (excluding diaryl/α,β-unsaturated/α-hetero) is 1. The Kier molecular flexibility index (Phi) is 5.33. The molecular weight excluding hydrogens is 471 g/mol. The highest BCUT2D eigenvalue weighted by atomic mass is 19.1. The number of benzene rings is 2. The molecule has 0 spiro atoms. The minimum absolute atomic E-state index is 0.0151. The van der Waals surface area contributed by atoms with Crippen molar-refractivity contribution in [1.29, 1.82) is 0 Å². The fourth-order valence-electron chi connectivity index (χ4n) is 5.20. The summed E-state index contributed by atoms with van der Waals surface area (Å²) in [6.45, 7) is 2.16. The van der Waals surface area contributed by atoms with Crippen molar-refractivity contribution in [2.24, 2.45) is 11.3 Å². The van der Waals surface area contributed by atoms with Crippen LogP contribution in [-0.2, 0) is 6.42 Å². The molecule has 37 heavy (non-hydrogen) atoms. The number of anilines is 3. The van der Waals surface area contributed by atoms with Crippen LogP contribution in [0.5, 0.6) is 5.75 Å². The Morgan fingerprint density at radius 2 is 1.97 bits per heavy atom. The zero-order chi connectivity index (χ0) is 25.7. The van der Waals surface area contributed by atoms with Gasteiger partial charge >= 0.3 is 0 Å². The number of amides is 1. The van der Waals surface area contributed by atoms with Crippen LogP contribution in [0.25, 0.3) is 11.3 Å². The number of rotatable bonds is 6. The molecule has 4 aromatic rings. The number of fused-ring (bicyclic) bond motifs is 2. The predicted octanol–water partition coefficient (Wildman–Crippen LogP) is 5.99. The number of nitrogens with one attached hydrogen (secondary N) is 3. The molecule has 2 aliphatic carbocycles. The van der Waals surface area contributed by atoms with E-state index < -0.39 is 11.7 Å². The molecule has 186 valence electrons. The van der Waals surface area contributed by atoms with Gasteiger partial charge < -0.3 is 20.4 Å². The number of carbonyl (C=O) groups is 2. The summed E-state index contributed by atoms with van der Waals surface area (Å²) in [5.74, 6) is -0.541. The molecule has 0 bridgehead atoms. The van der Waals surface area contributed by atoms with Crippen LogP contribution in [0.4, 0.5) is 21.6 Å². The van der Waals surface area contributed by atoms with E-state index in [1.807, 2.05) is 36.4 Å². The second-order valence-electron chi connectivity index (χ2n) is 9.90. The number of H-pyrrole nitrogens is 1. The largest absolute Gasteiger partial charge is 0.494 e. The van der Waals surface area contributed by atoms with Crippen LogP contribution >= 0.6 is 0 Å². The molecule has 2 aromatic carbocycles. The molecule has 0 aliphatic heterocycles. The van der Waals surface area contributed by atoms with Crippen LogP contribution in [0.1, 0.15) is 39.8 Å². The Hall–Kier alpha value is -4.46. The van der Waals surface area contributed by atoms with Crippen molar-refractivity contribution in [2.75, 3.05) is 17.7 Å². The SMILES string of the molecule is COc1ccc(C(=O)Nc2cc(-c3[nH]c4c(c3Nc3ccccc3)C(=O)[C@H]3C[C@@]3(C)C4)ccn2)cc1F. The fourth-order valence-corrected chi connectivity index (χ4v) is 5.20. The molecule has 3 N–H and O–H groups in total. The smallest absolute Gasteiger partial charge is 0.256 e. The van der Waals surface area contributed by atoms with Gasteiger partial charge in [-0.15, -0.1) is 0 Å². The standard InChI is InChI=1S/C29H25FN4O3/c1-29-14-19(29)27(35)24-21(15-29)33-25(26(24)32-18-6-4-3-5-7-18)16-10-11-31-23(13-16)34-28(36)17-8-9-22(37-2)20(30)12-17/h3-13,19,32-33H,14-15H2,1-2H3,(H,31,34,36)/t19-,29+/m1/s1. The lowest BCUT2D eigenvalue weighted by Crippen LogP contribution is -2.19. The summed E-state index contributed by atoms with van der Waals surface area (Å²) in [4.78, 5) is 33.9. The third-order valence-corrected chi connectivity index (χ3v) is 7.32. The number of hydrogen-bond donors (Lipinski definition) is 3. The Balaban J connectivity index is 1.36. The lowest BCUT2D eigenvalue weighted by Gasteiger charge is -2.18. The number of methoxy groups -OCH3 is 1. The van der Waals surface area contributed by atoms with Gasteiger partial charge in [0.05, 0.1) is 24.1 Å². The molecule has 2 aliphatic rings. The van der Waals surface area contributed by atoms with E-state index in [0.717, 1.165) is 47.2 Å². The van der Waals surface area contributed by atoms with Crippen LogP contribution in [-0.4, -0.2) is 28.8 Å². The second kappa shape index (κ2) is 8.58. The van der Waals surface area contributed by atoms with Crippen molar-refractivity contribution in [3.8, 4) is 17.0 Å². The van der Waals surface area contributed by atoms with Crippen molar-refractivity contribution in [2.45, 2.75) is 19.8 Å². The molecule has 2 aromatic heterocycles. The molecule has 0 unspecified atom stereocenters. The molecule has 6 rings (SSSR count). The fraction of sp³-hybridized carbons (Fsp3) is 0.207. The topological polar surface area (TPSA) is 96.1 Å². The maximum atomic E-state index is 14.1. The first-order chi connectivity index (χ1) is 17.9. The normalized spacial score (nSPS) is 19.5. The van der Waals surface area contributed by atoms with E-state index >= 15 is 0 Å². The summed E-state index contributed by atoms with van der Waals surface area (Å²) in [6.07, 6.45) is 3.30. The van der Waals surface area contributed by atoms with Gasteiger partial charge in [0.15, 0.2) is 17.3 Å². The maximum absolute atomic E-state index is 14.1. The number of aromatic amines is 1. The maximum Gasteiger partial charge on any atom is 0.256 e. The van der Waals surface area contributed by atoms with Gasteiger partial charge in [0.1, 0.15) is 5.82 Å². The lowest BCUT2D eigenvalue weighted by atomic mass is 9.87. The predicted molar refractivity (Wildman–Crippen MR) is 139 cm³/mol. The third kappa shape index (κ3) is 4.04. The van der Waals surface area contributed by atoms with Crippen molar-refractivity contribution in [1.82, 2.24) is 9.97 Å². The molecule has 1 amide bonds. The Labute approximate surface area is 213 Å². The zero-order valence-corrected chi connectivity index (χ0v) is 20.4. The van der Waals surface area contributed by atoms with Crippen molar-refractivity contribution in [3.05, 3.63) is 89.5 Å². The highest BCUT2D eigenvalue weighted by molar-refractivity contribution is 6.10. The van der Waals surface area contributed by atoms with E-state index in [1.54, 1.807) is 12.3 Å². The first-order valence-corrected chi connectivity index (χ1v) is 12.1. The van der Waals surface area contributed by atoms with Crippen LogP contribution in [0.15, 0.2) is 66.9 Å². The Morgan fingerprint density at radius 1 is 1.16 bits per heavy atom. The number of pyridine rings is 1. The number of carbonyl (C=O) groups excluding carboxylic acids is 2. The number of ether oxygens (including phenoxy) is 1. The monoisotopic (exact) mass is 496 g/mol. The molecule has 2 atom stereocenters. The number of para-hydroxylation sites is 1. The minimum Gasteiger partial charge on any atom is -0.494 e. The molecule has 1 fully saturated rings. The summed E-state index contributed by atoms with van der Waals surface area (Å²) in [6, 6.07) is 17.3. The second-order valence-corrected chi connectivity index (χ2v) is 9.90. The van der Waals surface area contributed by atoms with Crippen LogP contribution < -0.4 is 15.4 Å². The number of nitrogens with zero attached hydrogens (tertiary/aromatic N) is 1. The molecule has 1 saturated carbocycles. The number of ketones is 1. The van der Waals surface area contributed by atoms with Gasteiger partial charge in [-0.05, 0) is 60.7 Å². The molecule has 0 saturated heterocycles. The van der Waals surface area contributed by atoms with E-state index in [0.29, 0.717) is 11.4 Å². The molecule has 7 nitrogen and oxygen atoms in total. The van der Waals surface area contributed by atoms with E-state index in [2.05, 4.69) is 27.5 Å².